The van der Waals surface area contributed by atoms with Crippen molar-refractivity contribution >= 4 is 5.91 Å². The van der Waals surface area contributed by atoms with E-state index in [4.69, 9.17) is 5.11 Å². The molecule has 1 aliphatic rings. The molecule has 13 heavy (non-hydrogen) atoms. The zero-order valence-corrected chi connectivity index (χ0v) is 8.05. The second kappa shape index (κ2) is 5.19. The molecule has 1 fully saturated rings. The van der Waals surface area contributed by atoms with E-state index >= 15 is 0 Å². The van der Waals surface area contributed by atoms with Crippen LogP contribution in [0.5, 0.6) is 0 Å². The van der Waals surface area contributed by atoms with Crippen molar-refractivity contribution in [2.75, 3.05) is 13.2 Å². The number of amides is 1. The Hall–Kier alpha value is -0.610. The number of nitrogens with one attached hydrogen (secondary N) is 2. The Bertz CT molecular complexity index is 165. The summed E-state index contributed by atoms with van der Waals surface area (Å²) in [5.41, 5.74) is 0. The maximum atomic E-state index is 11.2. The fraction of sp³-hybridized carbons (Fsp3) is 0.889. The smallest absolute Gasteiger partial charge is 0.234 e. The fourth-order valence-corrected chi connectivity index (χ4v) is 1.08. The molecule has 1 atom stereocenters. The molecule has 76 valence electrons. The van der Waals surface area contributed by atoms with Gasteiger partial charge in [-0.25, -0.2) is 0 Å². The Morgan fingerprint density at radius 3 is 2.77 bits per heavy atom. The van der Waals surface area contributed by atoms with Crippen molar-refractivity contribution in [2.24, 2.45) is 0 Å². The van der Waals surface area contributed by atoms with Gasteiger partial charge in [-0.05, 0) is 19.3 Å². The van der Waals surface area contributed by atoms with E-state index < -0.39 is 0 Å². The highest BCUT2D eigenvalue weighted by Gasteiger charge is 2.21. The largest absolute Gasteiger partial charge is 0.394 e. The second-order valence-corrected chi connectivity index (χ2v) is 3.51. The lowest BCUT2D eigenvalue weighted by Crippen LogP contribution is -2.42. The zero-order chi connectivity index (χ0) is 9.68. The highest BCUT2D eigenvalue weighted by atomic mass is 16.3. The van der Waals surface area contributed by atoms with Gasteiger partial charge in [0.15, 0.2) is 0 Å². The van der Waals surface area contributed by atoms with Crippen molar-refractivity contribution in [1.82, 2.24) is 10.6 Å². The molecule has 3 N–H and O–H groups in total. The monoisotopic (exact) mass is 186 g/mol. The molecule has 0 aromatic carbocycles. The van der Waals surface area contributed by atoms with Gasteiger partial charge < -0.3 is 15.7 Å². The molecule has 1 aliphatic carbocycles. The van der Waals surface area contributed by atoms with Gasteiger partial charge in [-0.15, -0.1) is 0 Å². The summed E-state index contributed by atoms with van der Waals surface area (Å²) in [4.78, 5) is 11.2. The van der Waals surface area contributed by atoms with Gasteiger partial charge in [0.25, 0.3) is 0 Å². The Balaban J connectivity index is 2.07. The van der Waals surface area contributed by atoms with Crippen LogP contribution in [-0.2, 0) is 4.79 Å². The van der Waals surface area contributed by atoms with Crippen LogP contribution < -0.4 is 10.6 Å². The molecule has 0 saturated heterocycles. The molecule has 0 spiro atoms. The molecule has 0 heterocycles. The molecule has 1 amide bonds. The van der Waals surface area contributed by atoms with Crippen LogP contribution >= 0.6 is 0 Å². The van der Waals surface area contributed by atoms with E-state index in [1.54, 1.807) is 0 Å². The molecule has 0 bridgehead atoms. The predicted molar refractivity (Wildman–Crippen MR) is 50.3 cm³/mol. The Kier molecular flexibility index (Phi) is 4.18. The lowest BCUT2D eigenvalue weighted by atomic mass is 10.2. The Morgan fingerprint density at radius 2 is 2.31 bits per heavy atom. The van der Waals surface area contributed by atoms with E-state index in [2.05, 4.69) is 10.6 Å². The summed E-state index contributed by atoms with van der Waals surface area (Å²) in [5, 5.41) is 14.7. The third-order valence-corrected chi connectivity index (χ3v) is 2.21. The van der Waals surface area contributed by atoms with Gasteiger partial charge in [0, 0.05) is 6.04 Å². The van der Waals surface area contributed by atoms with Crippen LogP contribution in [0.2, 0.25) is 0 Å². The third-order valence-electron chi connectivity index (χ3n) is 2.21. The number of hydrogen-bond acceptors (Lipinski definition) is 3. The second-order valence-electron chi connectivity index (χ2n) is 3.51. The lowest BCUT2D eigenvalue weighted by molar-refractivity contribution is -0.121. The van der Waals surface area contributed by atoms with Gasteiger partial charge in [0.05, 0.1) is 19.2 Å². The van der Waals surface area contributed by atoms with Crippen LogP contribution in [0, 0.1) is 0 Å². The normalized spacial score (nSPS) is 18.3. The molecule has 1 unspecified atom stereocenters. The SMILES string of the molecule is CCC(CO)NC(=O)CNC1CC1. The number of aliphatic hydroxyl groups excluding tert-OH is 1. The molecular weight excluding hydrogens is 168 g/mol. The molecule has 0 aromatic rings. The lowest BCUT2D eigenvalue weighted by Gasteiger charge is -2.13. The number of rotatable bonds is 6. The predicted octanol–water partition coefficient (Wildman–Crippen LogP) is -0.374. The molecule has 1 saturated carbocycles. The summed E-state index contributed by atoms with van der Waals surface area (Å²) in [6.45, 7) is 2.34. The first-order chi connectivity index (χ1) is 6.26. The van der Waals surface area contributed by atoms with Gasteiger partial charge >= 0.3 is 0 Å². The van der Waals surface area contributed by atoms with Crippen molar-refractivity contribution in [1.29, 1.82) is 0 Å². The molecule has 0 aliphatic heterocycles. The summed E-state index contributed by atoms with van der Waals surface area (Å²) in [7, 11) is 0. The van der Waals surface area contributed by atoms with Crippen LogP contribution in [-0.4, -0.2) is 36.2 Å². The molecule has 4 heteroatoms. The number of carbonyl (C=O) groups excluding carboxylic acids is 1. The molecular formula is C9H18N2O2. The first-order valence-corrected chi connectivity index (χ1v) is 4.89. The minimum atomic E-state index is -0.0893. The topological polar surface area (TPSA) is 61.4 Å². The van der Waals surface area contributed by atoms with Gasteiger partial charge in [-0.1, -0.05) is 6.92 Å². The Labute approximate surface area is 78.7 Å². The summed E-state index contributed by atoms with van der Waals surface area (Å²) in [6.07, 6.45) is 3.14. The minimum Gasteiger partial charge on any atom is -0.394 e. The highest BCUT2D eigenvalue weighted by molar-refractivity contribution is 5.78. The van der Waals surface area contributed by atoms with E-state index in [1.807, 2.05) is 6.92 Å². The minimum absolute atomic E-state index is 0.0195. The first-order valence-electron chi connectivity index (χ1n) is 4.89. The third kappa shape index (κ3) is 4.24. The van der Waals surface area contributed by atoms with Crippen molar-refractivity contribution < 1.29 is 9.90 Å². The average Bonchev–Trinajstić information content (AvgIpc) is 2.94. The van der Waals surface area contributed by atoms with Gasteiger partial charge in [-0.2, -0.15) is 0 Å². The van der Waals surface area contributed by atoms with Crippen LogP contribution in [0.25, 0.3) is 0 Å². The zero-order valence-electron chi connectivity index (χ0n) is 8.05. The highest BCUT2D eigenvalue weighted by Crippen LogP contribution is 2.17. The number of aliphatic hydroxyl groups is 1. The standard InChI is InChI=1S/C9H18N2O2/c1-2-7(6-12)11-9(13)5-10-8-3-4-8/h7-8,10,12H,2-6H2,1H3,(H,11,13). The summed E-state index contributed by atoms with van der Waals surface area (Å²) in [5.74, 6) is -0.0206. The van der Waals surface area contributed by atoms with Gasteiger partial charge in [0.1, 0.15) is 0 Å². The van der Waals surface area contributed by atoms with E-state index in [1.165, 1.54) is 12.8 Å². The maximum Gasteiger partial charge on any atom is 0.234 e. The van der Waals surface area contributed by atoms with Crippen LogP contribution in [0.4, 0.5) is 0 Å². The summed E-state index contributed by atoms with van der Waals surface area (Å²) in [6, 6.07) is 0.466. The van der Waals surface area contributed by atoms with Crippen LogP contribution in [0.15, 0.2) is 0 Å². The van der Waals surface area contributed by atoms with Crippen molar-refractivity contribution in [3.8, 4) is 0 Å². The summed E-state index contributed by atoms with van der Waals surface area (Å²) < 4.78 is 0. The first kappa shape index (κ1) is 10.5. The summed E-state index contributed by atoms with van der Waals surface area (Å²) >= 11 is 0. The molecule has 4 nitrogen and oxygen atoms in total. The Morgan fingerprint density at radius 1 is 1.62 bits per heavy atom. The van der Waals surface area contributed by atoms with Gasteiger partial charge in [0.2, 0.25) is 5.91 Å². The maximum absolute atomic E-state index is 11.2. The number of carbonyl (C=O) groups is 1. The van der Waals surface area contributed by atoms with Gasteiger partial charge in [-0.3, -0.25) is 4.79 Å². The van der Waals surface area contributed by atoms with Crippen molar-refractivity contribution in [2.45, 2.75) is 38.3 Å². The molecule has 0 aromatic heterocycles. The van der Waals surface area contributed by atoms with E-state index in [-0.39, 0.29) is 18.6 Å². The van der Waals surface area contributed by atoms with E-state index in [0.717, 1.165) is 6.42 Å². The van der Waals surface area contributed by atoms with Crippen LogP contribution in [0.3, 0.4) is 0 Å². The van der Waals surface area contributed by atoms with Crippen molar-refractivity contribution in [3.05, 3.63) is 0 Å². The molecule has 1 rings (SSSR count). The molecule has 0 radical (unpaired) electrons. The van der Waals surface area contributed by atoms with E-state index in [9.17, 15) is 4.79 Å². The quantitative estimate of drug-likeness (QED) is 0.530. The fourth-order valence-electron chi connectivity index (χ4n) is 1.08. The van der Waals surface area contributed by atoms with Crippen molar-refractivity contribution in [3.63, 3.8) is 0 Å². The average molecular weight is 186 g/mol. The number of hydrogen-bond donors (Lipinski definition) is 3. The van der Waals surface area contributed by atoms with E-state index in [0.29, 0.717) is 12.6 Å². The van der Waals surface area contributed by atoms with Crippen LogP contribution in [0.1, 0.15) is 26.2 Å².